The van der Waals surface area contributed by atoms with Gasteiger partial charge in [-0.2, -0.15) is 10.4 Å². The van der Waals surface area contributed by atoms with Gasteiger partial charge in [-0.3, -0.25) is 9.69 Å². The van der Waals surface area contributed by atoms with Crippen LogP contribution in [0, 0.1) is 17.1 Å². The average molecular weight is 595 g/mol. The number of carbonyl (C=O) groups excluding carboxylic acids is 1. The molecule has 0 saturated carbocycles. The van der Waals surface area contributed by atoms with Crippen LogP contribution in [0.1, 0.15) is 39.5 Å². The third-order valence-corrected chi connectivity index (χ3v) is 8.52. The van der Waals surface area contributed by atoms with Crippen molar-refractivity contribution in [3.8, 4) is 28.8 Å². The molecule has 44 heavy (non-hydrogen) atoms. The number of hydrogen-bond donors (Lipinski definition) is 1. The van der Waals surface area contributed by atoms with Gasteiger partial charge in [0.15, 0.2) is 5.65 Å². The molecule has 2 aromatic heterocycles. The summed E-state index contributed by atoms with van der Waals surface area (Å²) in [5.41, 5.74) is 7.00. The molecule has 4 aromatic rings. The number of nitriles is 1. The van der Waals surface area contributed by atoms with Crippen LogP contribution in [0.4, 0.5) is 10.2 Å². The number of benzene rings is 2. The molecule has 1 amide bonds. The van der Waals surface area contributed by atoms with Crippen LogP contribution in [0.3, 0.4) is 0 Å². The van der Waals surface area contributed by atoms with Crippen molar-refractivity contribution in [3.63, 3.8) is 0 Å². The summed E-state index contributed by atoms with van der Waals surface area (Å²) in [5.74, 6) is 0.304. The maximum atomic E-state index is 15.6. The summed E-state index contributed by atoms with van der Waals surface area (Å²) in [6, 6.07) is 15.7. The number of carbonyl (C=O) groups is 1. The smallest absolute Gasteiger partial charge is 0.264 e. The summed E-state index contributed by atoms with van der Waals surface area (Å²) < 4.78 is 23.0. The van der Waals surface area contributed by atoms with Crippen molar-refractivity contribution in [2.24, 2.45) is 0 Å². The molecule has 6 rings (SSSR count). The van der Waals surface area contributed by atoms with Crippen LogP contribution in [0.15, 0.2) is 66.5 Å². The van der Waals surface area contributed by atoms with Gasteiger partial charge in [-0.25, -0.2) is 19.0 Å². The van der Waals surface area contributed by atoms with Crippen LogP contribution in [0.2, 0.25) is 0 Å². The van der Waals surface area contributed by atoms with Gasteiger partial charge in [0.25, 0.3) is 5.91 Å². The monoisotopic (exact) mass is 594 g/mol. The van der Waals surface area contributed by atoms with E-state index in [1.807, 2.05) is 32.0 Å². The zero-order valence-electron chi connectivity index (χ0n) is 24.9. The molecular formula is C33H35FN8O2. The minimum atomic E-state index is -0.532. The fourth-order valence-electron chi connectivity index (χ4n) is 6.25. The van der Waals surface area contributed by atoms with Crippen molar-refractivity contribution >= 4 is 22.8 Å². The lowest BCUT2D eigenvalue weighted by Crippen LogP contribution is -2.42. The Morgan fingerprint density at radius 1 is 1.11 bits per heavy atom. The summed E-state index contributed by atoms with van der Waals surface area (Å²) in [7, 11) is 0. The van der Waals surface area contributed by atoms with Crippen molar-refractivity contribution in [1.29, 1.82) is 5.26 Å². The fraction of sp³-hybridized carbons (Fsp3) is 0.364. The topological polar surface area (TPSA) is 126 Å². The van der Waals surface area contributed by atoms with Crippen molar-refractivity contribution < 1.29 is 13.9 Å². The minimum Gasteiger partial charge on any atom is -0.457 e. The SMILES string of the molecule is CC(C)(/C=C(\C#N)C(=O)N1CCC[C@H]1Cn1nc(-c2ccc(Oc3ccccc3)cc2F)c2c(N)ncnc21)N1CCCC1. The van der Waals surface area contributed by atoms with Crippen molar-refractivity contribution in [3.05, 3.63) is 72.3 Å². The second kappa shape index (κ2) is 12.1. The predicted molar refractivity (Wildman–Crippen MR) is 165 cm³/mol. The number of aromatic nitrogens is 4. The van der Waals surface area contributed by atoms with Crippen LogP contribution in [-0.4, -0.2) is 66.7 Å². The zero-order valence-corrected chi connectivity index (χ0v) is 24.9. The number of halogens is 1. The van der Waals surface area contributed by atoms with Gasteiger partial charge in [0.2, 0.25) is 0 Å². The van der Waals surface area contributed by atoms with Gasteiger partial charge < -0.3 is 15.4 Å². The number of nitrogens with two attached hydrogens (primary N) is 1. The lowest BCUT2D eigenvalue weighted by Gasteiger charge is -2.33. The molecule has 2 aliphatic heterocycles. The van der Waals surface area contributed by atoms with Gasteiger partial charge in [-0.1, -0.05) is 18.2 Å². The first kappa shape index (κ1) is 29.3. The first-order valence-electron chi connectivity index (χ1n) is 14.9. The number of anilines is 1. The van der Waals surface area contributed by atoms with E-state index in [9.17, 15) is 10.1 Å². The number of rotatable bonds is 8. The largest absolute Gasteiger partial charge is 0.457 e. The zero-order chi connectivity index (χ0) is 30.8. The van der Waals surface area contributed by atoms with E-state index in [2.05, 4.69) is 20.9 Å². The molecule has 2 aromatic carbocycles. The van der Waals surface area contributed by atoms with E-state index in [1.165, 1.54) is 12.4 Å². The number of ether oxygens (including phenoxy) is 1. The molecule has 0 unspecified atom stereocenters. The van der Waals surface area contributed by atoms with E-state index < -0.39 is 11.4 Å². The van der Waals surface area contributed by atoms with Crippen molar-refractivity contribution in [2.75, 3.05) is 25.4 Å². The Morgan fingerprint density at radius 2 is 1.89 bits per heavy atom. The quantitative estimate of drug-likeness (QED) is 0.215. The molecule has 1 atom stereocenters. The van der Waals surface area contributed by atoms with E-state index in [1.54, 1.807) is 39.9 Å². The molecule has 4 heterocycles. The number of hydrogen-bond acceptors (Lipinski definition) is 8. The second-order valence-corrected chi connectivity index (χ2v) is 11.9. The van der Waals surface area contributed by atoms with Gasteiger partial charge in [0.05, 0.1) is 18.0 Å². The Kier molecular flexibility index (Phi) is 8.01. The number of fused-ring (bicyclic) bond motifs is 1. The molecule has 2 saturated heterocycles. The standard InChI is InChI=1S/C33H35FN8O2/c1-33(2,40-14-6-7-15-40)18-22(19-35)32(43)41-16-8-9-23(41)20-42-31-28(30(36)37-21-38-31)29(39-42)26-13-12-25(17-27(26)34)44-24-10-4-3-5-11-24/h3-5,10-13,17-18,21,23H,6-9,14-16,20H2,1-2H3,(H2,36,37,38)/b22-18+/t23-/m0/s1. The van der Waals surface area contributed by atoms with Gasteiger partial charge in [0, 0.05) is 23.7 Å². The van der Waals surface area contributed by atoms with Crippen LogP contribution in [-0.2, 0) is 11.3 Å². The van der Waals surface area contributed by atoms with Crippen molar-refractivity contribution in [2.45, 2.75) is 57.7 Å². The highest BCUT2D eigenvalue weighted by Gasteiger charge is 2.35. The highest BCUT2D eigenvalue weighted by Crippen LogP contribution is 2.35. The molecule has 0 aliphatic carbocycles. The van der Waals surface area contributed by atoms with Gasteiger partial charge in [0.1, 0.15) is 46.8 Å². The third kappa shape index (κ3) is 5.73. The summed E-state index contributed by atoms with van der Waals surface area (Å²) in [6.07, 6.45) is 6.92. The molecule has 0 radical (unpaired) electrons. The van der Waals surface area contributed by atoms with Crippen LogP contribution >= 0.6 is 0 Å². The maximum Gasteiger partial charge on any atom is 0.264 e. The van der Waals surface area contributed by atoms with Crippen LogP contribution in [0.25, 0.3) is 22.3 Å². The predicted octanol–water partition coefficient (Wildman–Crippen LogP) is 5.32. The average Bonchev–Trinajstić information content (AvgIpc) is 3.78. The lowest BCUT2D eigenvalue weighted by molar-refractivity contribution is -0.127. The number of amides is 1. The first-order valence-corrected chi connectivity index (χ1v) is 14.9. The highest BCUT2D eigenvalue weighted by atomic mass is 19.1. The van der Waals surface area contributed by atoms with Crippen molar-refractivity contribution in [1.82, 2.24) is 29.5 Å². The van der Waals surface area contributed by atoms with Crippen LogP contribution < -0.4 is 10.5 Å². The Bertz CT molecular complexity index is 1750. The lowest BCUT2D eigenvalue weighted by atomic mass is 9.98. The fourth-order valence-corrected chi connectivity index (χ4v) is 6.25. The van der Waals surface area contributed by atoms with E-state index in [0.29, 0.717) is 41.3 Å². The normalized spacial score (nSPS) is 17.7. The third-order valence-electron chi connectivity index (χ3n) is 8.52. The molecule has 2 aliphatic rings. The summed E-state index contributed by atoms with van der Waals surface area (Å²) >= 11 is 0. The Morgan fingerprint density at radius 3 is 2.61 bits per heavy atom. The Balaban J connectivity index is 1.28. The summed E-state index contributed by atoms with van der Waals surface area (Å²) in [4.78, 5) is 26.3. The Hall–Kier alpha value is -4.82. The molecule has 2 fully saturated rings. The number of likely N-dealkylation sites (tertiary alicyclic amines) is 2. The molecular weight excluding hydrogens is 559 g/mol. The van der Waals surface area contributed by atoms with Gasteiger partial charge in [-0.15, -0.1) is 0 Å². The molecule has 0 bridgehead atoms. The summed E-state index contributed by atoms with van der Waals surface area (Å²) in [6.45, 7) is 6.84. The molecule has 11 heteroatoms. The minimum absolute atomic E-state index is 0.145. The molecule has 0 spiro atoms. The van der Waals surface area contributed by atoms with E-state index in [-0.39, 0.29) is 28.9 Å². The van der Waals surface area contributed by atoms with Gasteiger partial charge >= 0.3 is 0 Å². The number of nitrogens with zero attached hydrogens (tertiary/aromatic N) is 7. The van der Waals surface area contributed by atoms with E-state index >= 15 is 4.39 Å². The van der Waals surface area contributed by atoms with E-state index in [0.717, 1.165) is 38.8 Å². The van der Waals surface area contributed by atoms with E-state index in [4.69, 9.17) is 15.6 Å². The summed E-state index contributed by atoms with van der Waals surface area (Å²) in [5, 5.41) is 15.2. The number of nitrogen functional groups attached to an aromatic ring is 1. The molecule has 10 nitrogen and oxygen atoms in total. The van der Waals surface area contributed by atoms with Crippen LogP contribution in [0.5, 0.6) is 11.5 Å². The molecule has 2 N–H and O–H groups in total. The number of para-hydroxylation sites is 1. The first-order chi connectivity index (χ1) is 21.2. The van der Waals surface area contributed by atoms with Gasteiger partial charge in [-0.05, 0) is 83.0 Å². The highest BCUT2D eigenvalue weighted by molar-refractivity contribution is 5.99. The second-order valence-electron chi connectivity index (χ2n) is 11.9. The Labute approximate surface area is 255 Å². The molecule has 226 valence electrons. The maximum absolute atomic E-state index is 15.6.